The van der Waals surface area contributed by atoms with Gasteiger partial charge in [-0.3, -0.25) is 4.79 Å². The highest BCUT2D eigenvalue weighted by Gasteiger charge is 2.25. The van der Waals surface area contributed by atoms with Gasteiger partial charge in [-0.15, -0.1) is 0 Å². The second-order valence-corrected chi connectivity index (χ2v) is 4.81. The monoisotopic (exact) mass is 221 g/mol. The maximum absolute atomic E-state index is 11.8. The lowest BCUT2D eigenvalue weighted by molar-refractivity contribution is -0.119. The molecule has 0 atom stereocenters. The maximum atomic E-state index is 11.8. The number of thiocarbonyl (C=S) groups is 1. The van der Waals surface area contributed by atoms with Crippen molar-refractivity contribution in [2.24, 2.45) is 5.41 Å². The first-order chi connectivity index (χ1) is 6.91. The van der Waals surface area contributed by atoms with Gasteiger partial charge < -0.3 is 5.32 Å². The number of para-hydroxylation sites is 1. The van der Waals surface area contributed by atoms with E-state index in [4.69, 9.17) is 12.2 Å². The smallest absolute Gasteiger partial charge is 0.195 e. The second kappa shape index (κ2) is 4.53. The third kappa shape index (κ3) is 3.44. The molecule has 0 spiro atoms. The number of nitrogens with one attached hydrogen (secondary N) is 1. The SMILES string of the molecule is CC(C)(C)C(=O)C(=S)Nc1ccccc1. The van der Waals surface area contributed by atoms with Crippen LogP contribution in [0.15, 0.2) is 30.3 Å². The van der Waals surface area contributed by atoms with Gasteiger partial charge in [0, 0.05) is 11.1 Å². The van der Waals surface area contributed by atoms with Crippen LogP contribution in [0, 0.1) is 5.41 Å². The van der Waals surface area contributed by atoms with E-state index in [1.807, 2.05) is 51.1 Å². The number of benzene rings is 1. The second-order valence-electron chi connectivity index (χ2n) is 4.40. The van der Waals surface area contributed by atoms with Gasteiger partial charge in [0.1, 0.15) is 4.99 Å². The summed E-state index contributed by atoms with van der Waals surface area (Å²) < 4.78 is 0. The lowest BCUT2D eigenvalue weighted by Crippen LogP contribution is -2.31. The average molecular weight is 221 g/mol. The average Bonchev–Trinajstić information content (AvgIpc) is 2.16. The van der Waals surface area contributed by atoms with Gasteiger partial charge in [0.05, 0.1) is 0 Å². The highest BCUT2D eigenvalue weighted by Crippen LogP contribution is 2.16. The summed E-state index contributed by atoms with van der Waals surface area (Å²) in [6, 6.07) is 9.46. The highest BCUT2D eigenvalue weighted by atomic mass is 32.1. The molecule has 15 heavy (non-hydrogen) atoms. The fraction of sp³-hybridized carbons (Fsp3) is 0.333. The number of anilines is 1. The van der Waals surface area contributed by atoms with Crippen LogP contribution in [0.5, 0.6) is 0 Å². The fourth-order valence-corrected chi connectivity index (χ4v) is 1.47. The molecule has 2 nitrogen and oxygen atoms in total. The normalized spacial score (nSPS) is 10.9. The van der Waals surface area contributed by atoms with Crippen molar-refractivity contribution < 1.29 is 4.79 Å². The third-order valence-electron chi connectivity index (χ3n) is 1.92. The van der Waals surface area contributed by atoms with Crippen molar-refractivity contribution in [3.8, 4) is 0 Å². The lowest BCUT2D eigenvalue weighted by Gasteiger charge is -2.17. The molecule has 0 heterocycles. The minimum Gasteiger partial charge on any atom is -0.344 e. The van der Waals surface area contributed by atoms with Crippen LogP contribution in [-0.4, -0.2) is 10.8 Å². The van der Waals surface area contributed by atoms with Gasteiger partial charge in [-0.25, -0.2) is 0 Å². The van der Waals surface area contributed by atoms with Gasteiger partial charge in [0.2, 0.25) is 0 Å². The Hall–Kier alpha value is -1.22. The van der Waals surface area contributed by atoms with Gasteiger partial charge >= 0.3 is 0 Å². The molecule has 80 valence electrons. The zero-order chi connectivity index (χ0) is 11.5. The van der Waals surface area contributed by atoms with Crippen molar-refractivity contribution in [1.82, 2.24) is 0 Å². The zero-order valence-electron chi connectivity index (χ0n) is 9.20. The van der Waals surface area contributed by atoms with Crippen LogP contribution in [-0.2, 0) is 4.79 Å². The molecular formula is C12H15NOS. The third-order valence-corrected chi connectivity index (χ3v) is 2.21. The Bertz CT molecular complexity index is 365. The summed E-state index contributed by atoms with van der Waals surface area (Å²) in [5, 5.41) is 2.93. The summed E-state index contributed by atoms with van der Waals surface area (Å²) in [6.45, 7) is 5.57. The predicted octanol–water partition coefficient (Wildman–Crippen LogP) is 3.04. The molecule has 0 fully saturated rings. The van der Waals surface area contributed by atoms with Gasteiger partial charge in [0.15, 0.2) is 5.78 Å². The molecule has 0 saturated heterocycles. The number of rotatable bonds is 2. The van der Waals surface area contributed by atoms with Crippen LogP contribution in [0.2, 0.25) is 0 Å². The Morgan fingerprint density at radius 3 is 2.20 bits per heavy atom. The van der Waals surface area contributed by atoms with E-state index in [9.17, 15) is 4.79 Å². The van der Waals surface area contributed by atoms with Crippen LogP contribution in [0.3, 0.4) is 0 Å². The lowest BCUT2D eigenvalue weighted by atomic mass is 9.91. The van der Waals surface area contributed by atoms with E-state index in [-0.39, 0.29) is 10.8 Å². The van der Waals surface area contributed by atoms with Crippen LogP contribution in [0.1, 0.15) is 20.8 Å². The molecule has 0 aliphatic heterocycles. The van der Waals surface area contributed by atoms with Gasteiger partial charge in [-0.05, 0) is 12.1 Å². The molecule has 0 unspecified atom stereocenters. The molecule has 1 rings (SSSR count). The molecule has 0 aliphatic carbocycles. The van der Waals surface area contributed by atoms with E-state index in [0.717, 1.165) is 5.69 Å². The molecule has 0 radical (unpaired) electrons. The number of carbonyl (C=O) groups excluding carboxylic acids is 1. The van der Waals surface area contributed by atoms with Crippen molar-refractivity contribution in [3.05, 3.63) is 30.3 Å². The minimum absolute atomic E-state index is 0.0404. The Morgan fingerprint density at radius 2 is 1.73 bits per heavy atom. The Morgan fingerprint density at radius 1 is 1.20 bits per heavy atom. The van der Waals surface area contributed by atoms with Crippen LogP contribution < -0.4 is 5.32 Å². The molecule has 1 aromatic rings. The number of carbonyl (C=O) groups is 1. The van der Waals surface area contributed by atoms with Crippen molar-refractivity contribution >= 4 is 28.7 Å². The first kappa shape index (κ1) is 11.9. The highest BCUT2D eigenvalue weighted by molar-refractivity contribution is 7.82. The van der Waals surface area contributed by atoms with E-state index in [2.05, 4.69) is 5.32 Å². The Balaban J connectivity index is 2.69. The fourth-order valence-electron chi connectivity index (χ4n) is 1.05. The van der Waals surface area contributed by atoms with Crippen LogP contribution in [0.4, 0.5) is 5.69 Å². The van der Waals surface area contributed by atoms with E-state index in [1.54, 1.807) is 0 Å². The molecule has 1 aromatic carbocycles. The van der Waals surface area contributed by atoms with E-state index >= 15 is 0 Å². The largest absolute Gasteiger partial charge is 0.344 e. The topological polar surface area (TPSA) is 29.1 Å². The molecule has 0 bridgehead atoms. The molecule has 0 aliphatic rings. The number of hydrogen-bond donors (Lipinski definition) is 1. The summed E-state index contributed by atoms with van der Waals surface area (Å²) in [7, 11) is 0. The van der Waals surface area contributed by atoms with Crippen molar-refractivity contribution in [2.45, 2.75) is 20.8 Å². The summed E-state index contributed by atoms with van der Waals surface area (Å²) in [5.41, 5.74) is 0.416. The van der Waals surface area contributed by atoms with Crippen molar-refractivity contribution in [2.75, 3.05) is 5.32 Å². The van der Waals surface area contributed by atoms with E-state index in [0.29, 0.717) is 0 Å². The summed E-state index contributed by atoms with van der Waals surface area (Å²) in [6.07, 6.45) is 0. The molecule has 0 aromatic heterocycles. The van der Waals surface area contributed by atoms with Gasteiger partial charge in [0.25, 0.3) is 0 Å². The van der Waals surface area contributed by atoms with Crippen LogP contribution in [0.25, 0.3) is 0 Å². The van der Waals surface area contributed by atoms with E-state index < -0.39 is 5.41 Å². The summed E-state index contributed by atoms with van der Waals surface area (Å²) >= 11 is 5.05. The van der Waals surface area contributed by atoms with Gasteiger partial charge in [-0.2, -0.15) is 0 Å². The van der Waals surface area contributed by atoms with Crippen molar-refractivity contribution in [1.29, 1.82) is 0 Å². The molecule has 3 heteroatoms. The summed E-state index contributed by atoms with van der Waals surface area (Å²) in [5.74, 6) is -0.0404. The Kier molecular flexibility index (Phi) is 3.58. The first-order valence-electron chi connectivity index (χ1n) is 4.82. The number of Topliss-reactive ketones (excluding diaryl/α,β-unsaturated/α-hetero) is 1. The number of hydrogen-bond acceptors (Lipinski definition) is 2. The predicted molar refractivity (Wildman–Crippen MR) is 67.1 cm³/mol. The van der Waals surface area contributed by atoms with E-state index in [1.165, 1.54) is 0 Å². The zero-order valence-corrected chi connectivity index (χ0v) is 10.0. The Labute approximate surface area is 95.7 Å². The molecule has 1 N–H and O–H groups in total. The maximum Gasteiger partial charge on any atom is 0.195 e. The minimum atomic E-state index is -0.432. The summed E-state index contributed by atoms with van der Waals surface area (Å²) in [4.78, 5) is 12.0. The standard InChI is InChI=1S/C12H15NOS/c1-12(2,3)10(14)11(15)13-9-7-5-4-6-8-9/h4-8H,1-3H3,(H,13,15). The quantitative estimate of drug-likeness (QED) is 0.778. The number of ketones is 1. The molecule has 0 amide bonds. The van der Waals surface area contributed by atoms with Gasteiger partial charge in [-0.1, -0.05) is 51.2 Å². The molecular weight excluding hydrogens is 206 g/mol. The molecule has 0 saturated carbocycles. The first-order valence-corrected chi connectivity index (χ1v) is 5.23. The van der Waals surface area contributed by atoms with Crippen molar-refractivity contribution in [3.63, 3.8) is 0 Å². The van der Waals surface area contributed by atoms with Crippen LogP contribution >= 0.6 is 12.2 Å².